The molecule has 1 aromatic carbocycles. The lowest BCUT2D eigenvalue weighted by Gasteiger charge is -2.14. The van der Waals surface area contributed by atoms with Crippen molar-refractivity contribution in [2.45, 2.75) is 40.2 Å². The van der Waals surface area contributed by atoms with Crippen molar-refractivity contribution in [3.8, 4) is 5.75 Å². The van der Waals surface area contributed by atoms with Crippen LogP contribution >= 0.6 is 0 Å². The molecule has 0 radical (unpaired) electrons. The van der Waals surface area contributed by atoms with Crippen LogP contribution in [0, 0.1) is 13.8 Å². The summed E-state index contributed by atoms with van der Waals surface area (Å²) >= 11 is 0. The van der Waals surface area contributed by atoms with Crippen molar-refractivity contribution in [3.63, 3.8) is 0 Å². The molecule has 0 saturated carbocycles. The van der Waals surface area contributed by atoms with Crippen LogP contribution in [0.25, 0.3) is 0 Å². The van der Waals surface area contributed by atoms with Crippen LogP contribution in [0.4, 0.5) is 0 Å². The number of methoxy groups -OCH3 is 1. The Morgan fingerprint density at radius 3 is 2.47 bits per heavy atom. The molecule has 0 aliphatic rings. The summed E-state index contributed by atoms with van der Waals surface area (Å²) in [6.45, 7) is 11.6. The second-order valence-electron chi connectivity index (χ2n) is 5.37. The van der Waals surface area contributed by atoms with Crippen LogP contribution in [0.5, 0.6) is 5.75 Å². The molecule has 19 heavy (non-hydrogen) atoms. The minimum Gasteiger partial charge on any atom is -0.496 e. The number of ether oxygens (including phenoxy) is 1. The van der Waals surface area contributed by atoms with Crippen molar-refractivity contribution in [1.29, 1.82) is 0 Å². The minimum atomic E-state index is 0.557. The van der Waals surface area contributed by atoms with Crippen molar-refractivity contribution in [2.75, 3.05) is 26.7 Å². The van der Waals surface area contributed by atoms with Gasteiger partial charge in [0.1, 0.15) is 5.75 Å². The third-order valence-electron chi connectivity index (χ3n) is 3.20. The van der Waals surface area contributed by atoms with Gasteiger partial charge in [-0.15, -0.1) is 0 Å². The molecule has 0 aliphatic heterocycles. The number of rotatable bonds is 8. The van der Waals surface area contributed by atoms with Crippen LogP contribution in [0.3, 0.4) is 0 Å². The van der Waals surface area contributed by atoms with Gasteiger partial charge >= 0.3 is 0 Å². The van der Waals surface area contributed by atoms with E-state index in [-0.39, 0.29) is 0 Å². The zero-order valence-corrected chi connectivity index (χ0v) is 13.0. The normalized spacial score (nSPS) is 11.1. The lowest BCUT2D eigenvalue weighted by atomic mass is 10.0. The van der Waals surface area contributed by atoms with Crippen molar-refractivity contribution in [1.82, 2.24) is 10.6 Å². The van der Waals surface area contributed by atoms with Gasteiger partial charge in [-0.3, -0.25) is 0 Å². The Kier molecular flexibility index (Phi) is 6.89. The Morgan fingerprint density at radius 2 is 1.84 bits per heavy atom. The standard InChI is InChI=1S/C16H28N2O/c1-12(2)18-9-8-17-7-6-15-14(4)10-13(3)11-16(15)19-5/h10-12,17-18H,6-9H2,1-5H3. The molecule has 0 unspecified atom stereocenters. The zero-order chi connectivity index (χ0) is 14.3. The summed E-state index contributed by atoms with van der Waals surface area (Å²) in [5.41, 5.74) is 3.89. The van der Waals surface area contributed by atoms with Crippen LogP contribution in [0.15, 0.2) is 12.1 Å². The van der Waals surface area contributed by atoms with E-state index >= 15 is 0 Å². The molecule has 1 rings (SSSR count). The van der Waals surface area contributed by atoms with Crippen molar-refractivity contribution in [2.24, 2.45) is 0 Å². The summed E-state index contributed by atoms with van der Waals surface area (Å²) in [5, 5.41) is 6.86. The SMILES string of the molecule is COc1cc(C)cc(C)c1CCNCCNC(C)C. The summed E-state index contributed by atoms with van der Waals surface area (Å²) in [6, 6.07) is 4.89. The average molecular weight is 264 g/mol. The van der Waals surface area contributed by atoms with E-state index in [1.807, 2.05) is 0 Å². The van der Waals surface area contributed by atoms with E-state index < -0.39 is 0 Å². The summed E-state index contributed by atoms with van der Waals surface area (Å²) in [6.07, 6.45) is 1.01. The second-order valence-corrected chi connectivity index (χ2v) is 5.37. The summed E-state index contributed by atoms with van der Waals surface area (Å²) in [4.78, 5) is 0. The van der Waals surface area contributed by atoms with Gasteiger partial charge in [-0.1, -0.05) is 19.9 Å². The summed E-state index contributed by atoms with van der Waals surface area (Å²) < 4.78 is 5.48. The molecule has 0 fully saturated rings. The molecule has 0 spiro atoms. The van der Waals surface area contributed by atoms with Crippen LogP contribution in [-0.2, 0) is 6.42 Å². The Bertz CT molecular complexity index is 389. The van der Waals surface area contributed by atoms with E-state index in [1.165, 1.54) is 16.7 Å². The van der Waals surface area contributed by atoms with E-state index in [2.05, 4.69) is 50.5 Å². The van der Waals surface area contributed by atoms with Gasteiger partial charge in [0.15, 0.2) is 0 Å². The maximum absolute atomic E-state index is 5.48. The first-order chi connectivity index (χ1) is 9.04. The third kappa shape index (κ3) is 5.62. The fourth-order valence-corrected chi connectivity index (χ4v) is 2.25. The van der Waals surface area contributed by atoms with E-state index in [0.717, 1.165) is 31.8 Å². The number of benzene rings is 1. The zero-order valence-electron chi connectivity index (χ0n) is 13.0. The highest BCUT2D eigenvalue weighted by Gasteiger charge is 2.07. The van der Waals surface area contributed by atoms with E-state index in [0.29, 0.717) is 6.04 Å². The van der Waals surface area contributed by atoms with Crippen LogP contribution in [0.2, 0.25) is 0 Å². The highest BCUT2D eigenvalue weighted by atomic mass is 16.5. The van der Waals surface area contributed by atoms with Gasteiger partial charge in [0.25, 0.3) is 0 Å². The Morgan fingerprint density at radius 1 is 1.11 bits per heavy atom. The highest BCUT2D eigenvalue weighted by molar-refractivity contribution is 5.43. The average Bonchev–Trinajstić information content (AvgIpc) is 2.34. The van der Waals surface area contributed by atoms with Crippen LogP contribution in [0.1, 0.15) is 30.5 Å². The summed E-state index contributed by atoms with van der Waals surface area (Å²) in [5.74, 6) is 1.01. The molecule has 0 amide bonds. The van der Waals surface area contributed by atoms with E-state index in [1.54, 1.807) is 7.11 Å². The molecule has 0 aromatic heterocycles. The molecule has 0 aliphatic carbocycles. The first kappa shape index (κ1) is 16.0. The third-order valence-corrected chi connectivity index (χ3v) is 3.20. The maximum atomic E-state index is 5.48. The van der Waals surface area contributed by atoms with Gasteiger partial charge < -0.3 is 15.4 Å². The molecule has 2 N–H and O–H groups in total. The topological polar surface area (TPSA) is 33.3 Å². The van der Waals surface area contributed by atoms with E-state index in [9.17, 15) is 0 Å². The molecule has 0 atom stereocenters. The smallest absolute Gasteiger partial charge is 0.122 e. The molecule has 0 heterocycles. The Balaban J connectivity index is 2.41. The molecule has 108 valence electrons. The maximum Gasteiger partial charge on any atom is 0.122 e. The van der Waals surface area contributed by atoms with Gasteiger partial charge in [-0.2, -0.15) is 0 Å². The fraction of sp³-hybridized carbons (Fsp3) is 0.625. The first-order valence-corrected chi connectivity index (χ1v) is 7.12. The fourth-order valence-electron chi connectivity index (χ4n) is 2.25. The lowest BCUT2D eigenvalue weighted by Crippen LogP contribution is -2.32. The number of hydrogen-bond acceptors (Lipinski definition) is 3. The first-order valence-electron chi connectivity index (χ1n) is 7.12. The van der Waals surface area contributed by atoms with Gasteiger partial charge in [0.05, 0.1) is 7.11 Å². The predicted molar refractivity (Wildman–Crippen MR) is 82.2 cm³/mol. The molecule has 1 aromatic rings. The molecule has 0 bridgehead atoms. The summed E-state index contributed by atoms with van der Waals surface area (Å²) in [7, 11) is 1.75. The quantitative estimate of drug-likeness (QED) is 0.708. The van der Waals surface area contributed by atoms with Crippen molar-refractivity contribution < 1.29 is 4.74 Å². The molecular formula is C16H28N2O. The monoisotopic (exact) mass is 264 g/mol. The van der Waals surface area contributed by atoms with Crippen LogP contribution in [-0.4, -0.2) is 32.8 Å². The molecule has 3 nitrogen and oxygen atoms in total. The van der Waals surface area contributed by atoms with Gasteiger partial charge in [0.2, 0.25) is 0 Å². The second kappa shape index (κ2) is 8.18. The number of aryl methyl sites for hydroxylation is 2. The molecule has 0 saturated heterocycles. The highest BCUT2D eigenvalue weighted by Crippen LogP contribution is 2.24. The number of hydrogen-bond donors (Lipinski definition) is 2. The lowest BCUT2D eigenvalue weighted by molar-refractivity contribution is 0.408. The largest absolute Gasteiger partial charge is 0.496 e. The van der Waals surface area contributed by atoms with Gasteiger partial charge in [-0.05, 0) is 49.6 Å². The predicted octanol–water partition coefficient (Wildman–Crippen LogP) is 2.44. The van der Waals surface area contributed by atoms with Crippen molar-refractivity contribution >= 4 is 0 Å². The van der Waals surface area contributed by atoms with E-state index in [4.69, 9.17) is 4.74 Å². The Hall–Kier alpha value is -1.06. The van der Waals surface area contributed by atoms with Gasteiger partial charge in [-0.25, -0.2) is 0 Å². The van der Waals surface area contributed by atoms with Gasteiger partial charge in [0, 0.05) is 19.1 Å². The van der Waals surface area contributed by atoms with Crippen molar-refractivity contribution in [3.05, 3.63) is 28.8 Å². The van der Waals surface area contributed by atoms with Crippen LogP contribution < -0.4 is 15.4 Å². The Labute approximate surface area is 117 Å². The number of nitrogens with one attached hydrogen (secondary N) is 2. The molecular weight excluding hydrogens is 236 g/mol. The minimum absolute atomic E-state index is 0.557. The molecule has 3 heteroatoms.